The van der Waals surface area contributed by atoms with Crippen LogP contribution in [0.25, 0.3) is 11.2 Å². The number of imidazole rings is 1. The molecule has 3 aliphatic rings. The Morgan fingerprint density at radius 1 is 1.18 bits per heavy atom. The second-order valence-electron chi connectivity index (χ2n) is 11.7. The minimum Gasteiger partial charge on any atom is -0.454 e. The van der Waals surface area contributed by atoms with Crippen LogP contribution in [0.2, 0.25) is 0 Å². The highest BCUT2D eigenvalue weighted by Crippen LogP contribution is 2.68. The van der Waals surface area contributed by atoms with E-state index in [2.05, 4.69) is 58.5 Å². The van der Waals surface area contributed by atoms with Crippen molar-refractivity contribution < 1.29 is 14.3 Å². The molecular formula is C27H33BrN6O3S. The highest BCUT2D eigenvalue weighted by Gasteiger charge is 2.68. The van der Waals surface area contributed by atoms with E-state index in [9.17, 15) is 4.79 Å². The van der Waals surface area contributed by atoms with Crippen molar-refractivity contribution in [2.45, 2.75) is 63.6 Å². The second kappa shape index (κ2) is 9.29. The van der Waals surface area contributed by atoms with Crippen LogP contribution in [-0.2, 0) is 11.3 Å². The summed E-state index contributed by atoms with van der Waals surface area (Å²) in [6.45, 7) is 11.5. The van der Waals surface area contributed by atoms with Crippen LogP contribution in [0, 0.1) is 28.1 Å². The lowest BCUT2D eigenvalue weighted by molar-refractivity contribution is -0.135. The average Bonchev–Trinajstić information content (AvgIpc) is 3.31. The fourth-order valence-corrected chi connectivity index (χ4v) is 7.40. The zero-order valence-electron chi connectivity index (χ0n) is 22.1. The molecule has 1 aromatic carbocycles. The minimum atomic E-state index is 0.0828. The van der Waals surface area contributed by atoms with Crippen molar-refractivity contribution in [1.29, 1.82) is 5.41 Å². The van der Waals surface area contributed by atoms with Crippen molar-refractivity contribution in [1.82, 2.24) is 24.4 Å². The van der Waals surface area contributed by atoms with Crippen molar-refractivity contribution in [2.75, 3.05) is 19.9 Å². The maximum Gasteiger partial charge on any atom is 0.231 e. The quantitative estimate of drug-likeness (QED) is 0.403. The third-order valence-electron chi connectivity index (χ3n) is 9.10. The van der Waals surface area contributed by atoms with Gasteiger partial charge >= 0.3 is 0 Å². The van der Waals surface area contributed by atoms with Gasteiger partial charge in [0.15, 0.2) is 27.8 Å². The summed E-state index contributed by atoms with van der Waals surface area (Å²) in [4.78, 5) is 28.6. The smallest absolute Gasteiger partial charge is 0.231 e. The van der Waals surface area contributed by atoms with Gasteiger partial charge in [0.1, 0.15) is 5.52 Å². The molecule has 0 atom stereocenters. The van der Waals surface area contributed by atoms with Crippen LogP contribution in [-0.4, -0.2) is 50.2 Å². The third-order valence-corrected chi connectivity index (χ3v) is 11.0. The van der Waals surface area contributed by atoms with Crippen molar-refractivity contribution in [2.24, 2.45) is 22.7 Å². The molecule has 1 aliphatic carbocycles. The maximum absolute atomic E-state index is 13.1. The predicted molar refractivity (Wildman–Crippen MR) is 147 cm³/mol. The van der Waals surface area contributed by atoms with Crippen LogP contribution >= 0.6 is 27.7 Å². The number of aromatic nitrogens is 4. The highest BCUT2D eigenvalue weighted by atomic mass is 79.9. The van der Waals surface area contributed by atoms with Crippen LogP contribution in [0.1, 0.15) is 47.0 Å². The number of rotatable bonds is 6. The number of carbonyl (C=O) groups excluding carboxylic acids is 1. The molecule has 4 heterocycles. The van der Waals surface area contributed by atoms with Crippen molar-refractivity contribution >= 4 is 44.8 Å². The molecule has 2 fully saturated rings. The number of carbonyl (C=O) groups is 1. The SMILES string of the molecule is CC1(C)C(C(=O)N2CCC(CCn3cnc(=N)c4[nH]c(Sc5cc6c(cc5Br)OCO6)nc43)CC2)C1(C)C. The minimum absolute atomic E-state index is 0.0828. The molecule has 1 saturated carbocycles. The summed E-state index contributed by atoms with van der Waals surface area (Å²) < 4.78 is 13.9. The van der Waals surface area contributed by atoms with E-state index in [0.717, 1.165) is 59.7 Å². The van der Waals surface area contributed by atoms with Gasteiger partial charge in [-0.25, -0.2) is 9.97 Å². The van der Waals surface area contributed by atoms with Gasteiger partial charge in [-0.1, -0.05) is 39.5 Å². The summed E-state index contributed by atoms with van der Waals surface area (Å²) >= 11 is 5.08. The van der Waals surface area contributed by atoms with Gasteiger partial charge in [0.25, 0.3) is 0 Å². The molecule has 0 unspecified atom stereocenters. The Labute approximate surface area is 234 Å². The molecule has 2 N–H and O–H groups in total. The Morgan fingerprint density at radius 3 is 2.55 bits per heavy atom. The standard InChI is InChI=1S/C27H33BrN6O3S/c1-26(2)21(27(26,3)4)24(35)33-8-5-15(6-9-33)7-10-34-13-30-22(29)20-23(34)32-25(31-20)38-19-12-18-17(11-16(19)28)36-14-37-18/h11-13,15,21,29H,5-10,14H2,1-4H3,(H,31,32). The lowest BCUT2D eigenvalue weighted by atomic mass is 9.93. The highest BCUT2D eigenvalue weighted by molar-refractivity contribution is 9.10. The van der Waals surface area contributed by atoms with Crippen LogP contribution in [0.15, 0.2) is 33.0 Å². The number of aromatic amines is 1. The first-order valence-corrected chi connectivity index (χ1v) is 14.7. The Morgan fingerprint density at radius 2 is 1.87 bits per heavy atom. The molecule has 9 nitrogen and oxygen atoms in total. The number of amides is 1. The number of nitrogens with zero attached hydrogens (tertiary/aromatic N) is 4. The number of ether oxygens (including phenoxy) is 2. The fourth-order valence-electron chi connectivity index (χ4n) is 6.02. The topological polar surface area (TPSA) is 109 Å². The summed E-state index contributed by atoms with van der Waals surface area (Å²) in [6.07, 6.45) is 4.75. The number of piperidine rings is 1. The zero-order valence-corrected chi connectivity index (χ0v) is 24.5. The molecule has 0 bridgehead atoms. The summed E-state index contributed by atoms with van der Waals surface area (Å²) in [5, 5.41) is 8.98. The Hall–Kier alpha value is -2.53. The van der Waals surface area contributed by atoms with Crippen LogP contribution in [0.5, 0.6) is 11.5 Å². The summed E-state index contributed by atoms with van der Waals surface area (Å²) in [5.74, 6) is 2.45. The molecule has 11 heteroatoms. The van der Waals surface area contributed by atoms with E-state index in [0.29, 0.717) is 28.2 Å². The molecule has 202 valence electrons. The summed E-state index contributed by atoms with van der Waals surface area (Å²) in [5.41, 5.74) is 1.70. The molecule has 3 aromatic rings. The number of hydrogen-bond acceptors (Lipinski definition) is 7. The number of likely N-dealkylation sites (tertiary alicyclic amines) is 1. The van der Waals surface area contributed by atoms with E-state index in [1.165, 1.54) is 11.8 Å². The van der Waals surface area contributed by atoms with Crippen molar-refractivity contribution in [3.63, 3.8) is 0 Å². The zero-order chi connectivity index (χ0) is 26.8. The fraction of sp³-hybridized carbons (Fsp3) is 0.556. The first-order valence-electron chi connectivity index (χ1n) is 13.1. The Kier molecular flexibility index (Phi) is 6.29. The molecule has 1 saturated heterocycles. The van der Waals surface area contributed by atoms with Gasteiger partial charge in [0, 0.05) is 34.9 Å². The van der Waals surface area contributed by atoms with Gasteiger partial charge in [-0.3, -0.25) is 10.2 Å². The van der Waals surface area contributed by atoms with E-state index >= 15 is 0 Å². The number of benzene rings is 1. The predicted octanol–water partition coefficient (Wildman–Crippen LogP) is 5.19. The van der Waals surface area contributed by atoms with Gasteiger partial charge in [-0.2, -0.15) is 0 Å². The monoisotopic (exact) mass is 600 g/mol. The number of hydrogen-bond donors (Lipinski definition) is 2. The molecule has 38 heavy (non-hydrogen) atoms. The third kappa shape index (κ3) is 4.31. The number of nitrogens with one attached hydrogen (secondary N) is 2. The molecule has 2 aromatic heterocycles. The van der Waals surface area contributed by atoms with Gasteiger partial charge in [0.05, 0.1) is 6.33 Å². The first-order chi connectivity index (χ1) is 18.1. The van der Waals surface area contributed by atoms with E-state index in [4.69, 9.17) is 19.9 Å². The van der Waals surface area contributed by atoms with E-state index in [1.54, 1.807) is 6.33 Å². The molecule has 1 amide bonds. The van der Waals surface area contributed by atoms with Crippen LogP contribution < -0.4 is 15.0 Å². The number of aryl methyl sites for hydroxylation is 1. The Balaban J connectivity index is 1.11. The average molecular weight is 602 g/mol. The lowest BCUT2D eigenvalue weighted by Gasteiger charge is -2.33. The normalized spacial score (nSPS) is 20.3. The summed E-state index contributed by atoms with van der Waals surface area (Å²) in [7, 11) is 0. The van der Waals surface area contributed by atoms with Crippen LogP contribution in [0.3, 0.4) is 0 Å². The molecule has 0 spiro atoms. The number of H-pyrrole nitrogens is 1. The van der Waals surface area contributed by atoms with Gasteiger partial charge < -0.3 is 23.9 Å². The first kappa shape index (κ1) is 25.7. The lowest BCUT2D eigenvalue weighted by Crippen LogP contribution is -2.40. The van der Waals surface area contributed by atoms with Crippen LogP contribution in [0.4, 0.5) is 0 Å². The maximum atomic E-state index is 13.1. The summed E-state index contributed by atoms with van der Waals surface area (Å²) in [6, 6.07) is 3.83. The molecule has 2 aliphatic heterocycles. The molecular weight excluding hydrogens is 568 g/mol. The Bertz CT molecular complexity index is 1460. The number of fused-ring (bicyclic) bond motifs is 2. The van der Waals surface area contributed by atoms with Crippen molar-refractivity contribution in [3.8, 4) is 11.5 Å². The molecule has 6 rings (SSSR count). The van der Waals surface area contributed by atoms with E-state index < -0.39 is 0 Å². The van der Waals surface area contributed by atoms with Gasteiger partial charge in [-0.05, 0) is 64.1 Å². The largest absolute Gasteiger partial charge is 0.454 e. The van der Waals surface area contributed by atoms with Gasteiger partial charge in [-0.15, -0.1) is 0 Å². The van der Waals surface area contributed by atoms with E-state index in [1.807, 2.05) is 16.7 Å². The number of halogens is 1. The van der Waals surface area contributed by atoms with E-state index in [-0.39, 0.29) is 29.0 Å². The van der Waals surface area contributed by atoms with Crippen molar-refractivity contribution in [3.05, 3.63) is 28.4 Å². The molecule has 0 radical (unpaired) electrons. The second-order valence-corrected chi connectivity index (χ2v) is 13.6. The van der Waals surface area contributed by atoms with Gasteiger partial charge in [0.2, 0.25) is 12.7 Å².